The van der Waals surface area contributed by atoms with Crippen LogP contribution >= 0.6 is 15.9 Å². The van der Waals surface area contributed by atoms with Gasteiger partial charge >= 0.3 is 11.9 Å². The van der Waals surface area contributed by atoms with Crippen molar-refractivity contribution in [1.82, 2.24) is 4.90 Å². The molecule has 0 atom stereocenters. The molecular formula is C11H6BrN3O2+. The fourth-order valence-electron chi connectivity index (χ4n) is 1.69. The summed E-state index contributed by atoms with van der Waals surface area (Å²) in [6.45, 7) is 0. The van der Waals surface area contributed by atoms with Gasteiger partial charge in [0.15, 0.2) is 11.9 Å². The molecule has 0 bridgehead atoms. The molecule has 0 aliphatic carbocycles. The third-order valence-electron chi connectivity index (χ3n) is 2.45. The minimum Gasteiger partial charge on any atom is -0.477 e. The van der Waals surface area contributed by atoms with E-state index in [4.69, 9.17) is 5.11 Å². The van der Waals surface area contributed by atoms with Crippen molar-refractivity contribution in [2.75, 3.05) is 0 Å². The van der Waals surface area contributed by atoms with Crippen molar-refractivity contribution in [3.05, 3.63) is 34.9 Å². The van der Waals surface area contributed by atoms with E-state index in [1.165, 1.54) is 6.08 Å². The zero-order valence-corrected chi connectivity index (χ0v) is 10.0. The lowest BCUT2D eigenvalue weighted by Crippen LogP contribution is -2.28. The van der Waals surface area contributed by atoms with E-state index in [-0.39, 0.29) is 5.71 Å². The maximum atomic E-state index is 10.8. The summed E-state index contributed by atoms with van der Waals surface area (Å²) in [7, 11) is 0. The van der Waals surface area contributed by atoms with Gasteiger partial charge in [0.25, 0.3) is 0 Å². The van der Waals surface area contributed by atoms with Crippen LogP contribution in [0.4, 0.5) is 11.4 Å². The number of aliphatic carboxylic acids is 1. The van der Waals surface area contributed by atoms with Crippen LogP contribution < -0.4 is 4.90 Å². The van der Waals surface area contributed by atoms with Gasteiger partial charge in [0.2, 0.25) is 5.69 Å². The maximum absolute atomic E-state index is 10.8. The normalized spacial score (nSPS) is 17.2. The molecule has 1 aromatic rings. The second-order valence-corrected chi connectivity index (χ2v) is 4.45. The van der Waals surface area contributed by atoms with Crippen molar-refractivity contribution < 1.29 is 9.90 Å². The summed E-state index contributed by atoms with van der Waals surface area (Å²) in [4.78, 5) is 20.8. The molecule has 0 saturated carbocycles. The fraction of sp³-hybridized carbons (Fsp3) is 0. The first-order valence-corrected chi connectivity index (χ1v) is 5.62. The first kappa shape index (κ1) is 10.4. The molecule has 3 rings (SSSR count). The Morgan fingerprint density at radius 2 is 2.18 bits per heavy atom. The number of rotatable bonds is 1. The molecule has 0 spiro atoms. The van der Waals surface area contributed by atoms with Crippen molar-refractivity contribution >= 4 is 44.9 Å². The number of halogens is 1. The van der Waals surface area contributed by atoms with Crippen molar-refractivity contribution in [3.8, 4) is 0 Å². The molecule has 1 radical (unpaired) electrons. The van der Waals surface area contributed by atoms with E-state index in [1.807, 2.05) is 18.2 Å². The quantitative estimate of drug-likeness (QED) is 0.807. The summed E-state index contributed by atoms with van der Waals surface area (Å²) < 4.78 is 0.923. The molecule has 2 aliphatic heterocycles. The minimum atomic E-state index is -1.05. The highest BCUT2D eigenvalue weighted by atomic mass is 79.9. The highest BCUT2D eigenvalue weighted by Crippen LogP contribution is 2.37. The van der Waals surface area contributed by atoms with Crippen molar-refractivity contribution in [2.45, 2.75) is 0 Å². The predicted octanol–water partition coefficient (Wildman–Crippen LogP) is 2.27. The lowest BCUT2D eigenvalue weighted by molar-refractivity contribution is -0.129. The van der Waals surface area contributed by atoms with Gasteiger partial charge in [-0.25, -0.2) is 4.79 Å². The summed E-state index contributed by atoms with van der Waals surface area (Å²) in [5.74, 6) is -0.668. The highest BCUT2D eigenvalue weighted by molar-refractivity contribution is 9.10. The van der Waals surface area contributed by atoms with Gasteiger partial charge in [-0.3, -0.25) is 0 Å². The van der Waals surface area contributed by atoms with Gasteiger partial charge in [-0.15, -0.1) is 0 Å². The largest absolute Gasteiger partial charge is 0.477 e. The Morgan fingerprint density at radius 3 is 2.94 bits per heavy atom. The number of anilines is 1. The summed E-state index contributed by atoms with van der Waals surface area (Å²) in [5.41, 5.74) is 1.66. The zero-order valence-electron chi connectivity index (χ0n) is 8.46. The third-order valence-corrected chi connectivity index (χ3v) is 2.95. The number of carboxylic acid groups (broad SMARTS) is 1. The maximum Gasteiger partial charge on any atom is 0.391 e. The Hall–Kier alpha value is -1.79. The van der Waals surface area contributed by atoms with E-state index in [1.54, 1.807) is 11.1 Å². The Labute approximate surface area is 105 Å². The average molecular weight is 292 g/mol. The van der Waals surface area contributed by atoms with Crippen LogP contribution in [0.3, 0.4) is 0 Å². The van der Waals surface area contributed by atoms with Gasteiger partial charge in [0.1, 0.15) is 5.69 Å². The molecule has 83 valence electrons. The zero-order chi connectivity index (χ0) is 12.0. The summed E-state index contributed by atoms with van der Waals surface area (Å²) in [6.07, 6.45) is 3.12. The van der Waals surface area contributed by atoms with Crippen LogP contribution in [-0.2, 0) is 4.79 Å². The molecule has 0 aromatic heterocycles. The predicted molar refractivity (Wildman–Crippen MR) is 67.2 cm³/mol. The molecule has 0 fully saturated rings. The van der Waals surface area contributed by atoms with Crippen LogP contribution in [0.5, 0.6) is 0 Å². The number of benzene rings is 1. The number of nitrogens with zero attached hydrogens (tertiary/aromatic N) is 3. The van der Waals surface area contributed by atoms with Gasteiger partial charge < -0.3 is 5.11 Å². The van der Waals surface area contributed by atoms with Crippen LogP contribution in [0.25, 0.3) is 0 Å². The second kappa shape index (κ2) is 3.61. The molecule has 2 heterocycles. The number of guanidine groups is 1. The van der Waals surface area contributed by atoms with E-state index >= 15 is 0 Å². The van der Waals surface area contributed by atoms with Crippen molar-refractivity contribution in [3.63, 3.8) is 0 Å². The van der Waals surface area contributed by atoms with Gasteiger partial charge in [-0.2, -0.15) is 9.98 Å². The van der Waals surface area contributed by atoms with Crippen molar-refractivity contribution in [1.29, 1.82) is 0 Å². The Kier molecular flexibility index (Phi) is 2.20. The molecule has 0 amide bonds. The number of carbonyl (C=O) groups is 1. The van der Waals surface area contributed by atoms with E-state index in [0.717, 1.165) is 15.8 Å². The van der Waals surface area contributed by atoms with E-state index in [2.05, 4.69) is 25.9 Å². The van der Waals surface area contributed by atoms with Gasteiger partial charge in [0, 0.05) is 16.6 Å². The number of fused-ring (bicyclic) bond motifs is 3. The standard InChI is InChI=1S/C11H6BrN3O2/c12-6-1-2-9-8(5-6)14-11-13-7(10(16)17)3-4-15(9)11/h1-5H,(H,16,17)/q+1. The number of aliphatic imine (C=N–C) groups is 2. The Morgan fingerprint density at radius 1 is 1.35 bits per heavy atom. The molecule has 0 saturated heterocycles. The van der Waals surface area contributed by atoms with Gasteiger partial charge in [-0.05, 0) is 17.0 Å². The summed E-state index contributed by atoms with van der Waals surface area (Å²) in [6, 6.07) is 5.67. The summed E-state index contributed by atoms with van der Waals surface area (Å²) >= 11 is 3.36. The van der Waals surface area contributed by atoms with Crippen LogP contribution in [0, 0.1) is 0 Å². The average Bonchev–Trinajstić information content (AvgIpc) is 2.64. The molecule has 1 N–H and O–H groups in total. The van der Waals surface area contributed by atoms with E-state index < -0.39 is 5.97 Å². The highest BCUT2D eigenvalue weighted by Gasteiger charge is 2.37. The topological polar surface area (TPSA) is 67.9 Å². The lowest BCUT2D eigenvalue weighted by Gasteiger charge is -2.03. The van der Waals surface area contributed by atoms with Gasteiger partial charge in [-0.1, -0.05) is 15.9 Å². The number of carboxylic acids is 1. The smallest absolute Gasteiger partial charge is 0.391 e. The van der Waals surface area contributed by atoms with E-state index in [0.29, 0.717) is 5.96 Å². The molecule has 17 heavy (non-hydrogen) atoms. The minimum absolute atomic E-state index is 0.00753. The molecule has 0 unspecified atom stereocenters. The molecule has 5 nitrogen and oxygen atoms in total. The molecule has 6 heteroatoms. The first-order valence-electron chi connectivity index (χ1n) is 4.83. The first-order chi connectivity index (χ1) is 8.15. The molecule has 2 aliphatic rings. The summed E-state index contributed by atoms with van der Waals surface area (Å²) in [5, 5.41) is 8.86. The van der Waals surface area contributed by atoms with Crippen LogP contribution in [0.2, 0.25) is 0 Å². The monoisotopic (exact) mass is 291 g/mol. The van der Waals surface area contributed by atoms with Crippen LogP contribution in [0.1, 0.15) is 0 Å². The van der Waals surface area contributed by atoms with Crippen LogP contribution in [0.15, 0.2) is 44.9 Å². The number of hydrogen-bond acceptors (Lipinski definition) is 4. The third kappa shape index (κ3) is 1.62. The van der Waals surface area contributed by atoms with E-state index in [9.17, 15) is 4.79 Å². The second-order valence-electron chi connectivity index (χ2n) is 3.53. The SMILES string of the molecule is O=C(O)C1=NC2=Nc3cc(Br)ccc3[N+]2C=C1. The lowest BCUT2D eigenvalue weighted by atomic mass is 10.2. The fourth-order valence-corrected chi connectivity index (χ4v) is 2.04. The molecule has 1 aromatic carbocycles. The Bertz CT molecular complexity index is 619. The molecular weight excluding hydrogens is 286 g/mol. The van der Waals surface area contributed by atoms with Crippen molar-refractivity contribution in [2.24, 2.45) is 9.98 Å². The number of hydrogen-bond donors (Lipinski definition) is 1. The van der Waals surface area contributed by atoms with Crippen LogP contribution in [-0.4, -0.2) is 22.7 Å². The Balaban J connectivity index is 2.09. The van der Waals surface area contributed by atoms with Gasteiger partial charge in [0.05, 0.1) is 0 Å².